The van der Waals surface area contributed by atoms with E-state index in [0.717, 1.165) is 29.6 Å². The first-order valence-electron chi connectivity index (χ1n) is 11.4. The van der Waals surface area contributed by atoms with Gasteiger partial charge in [0.25, 0.3) is 5.91 Å². The van der Waals surface area contributed by atoms with Gasteiger partial charge in [0.2, 0.25) is 0 Å². The van der Waals surface area contributed by atoms with Crippen LogP contribution >= 0.6 is 0 Å². The van der Waals surface area contributed by atoms with Gasteiger partial charge in [0, 0.05) is 30.7 Å². The summed E-state index contributed by atoms with van der Waals surface area (Å²) in [5.41, 5.74) is 7.40. The second kappa shape index (κ2) is 8.14. The number of hydrazine groups is 1. The van der Waals surface area contributed by atoms with Gasteiger partial charge in [-0.3, -0.25) is 19.5 Å². The Bertz CT molecular complexity index is 1490. The standard InChI is InChI=1S/C24H22F3N7O2/c1-32-21-18-6-13(2-5-20(18)31-22(28)19(21)9-30-32)23(35)34(33-11-17-7-16(33)12-36-17)10-15-4-3-14(8-29-15)24(25,26)27/h2-6,8-9,16-17H,7,10-12H2,1H3,(H2,28,31)/t16-,17-/m0/s1. The third-order valence-corrected chi connectivity index (χ3v) is 6.83. The summed E-state index contributed by atoms with van der Waals surface area (Å²) in [5.74, 6) is 0.0612. The second-order valence-corrected chi connectivity index (χ2v) is 9.13. The summed E-state index contributed by atoms with van der Waals surface area (Å²) in [5, 5.41) is 9.20. The first-order valence-corrected chi connectivity index (χ1v) is 11.4. The highest BCUT2D eigenvalue weighted by atomic mass is 19.4. The number of hydrogen-bond acceptors (Lipinski definition) is 7. The SMILES string of the molecule is Cn1ncc2c(N)nc3ccc(C(=O)N(Cc4ccc(C(F)(F)F)cn4)N4C[C@@H]5C[C@H]4CO5)cc3c21. The van der Waals surface area contributed by atoms with Crippen molar-refractivity contribution < 1.29 is 22.7 Å². The zero-order valence-corrected chi connectivity index (χ0v) is 19.2. The highest BCUT2D eigenvalue weighted by molar-refractivity contribution is 6.10. The van der Waals surface area contributed by atoms with Crippen LogP contribution in [0.3, 0.4) is 0 Å². The van der Waals surface area contributed by atoms with Crippen molar-refractivity contribution in [1.29, 1.82) is 0 Å². The van der Waals surface area contributed by atoms with E-state index in [9.17, 15) is 18.0 Å². The molecule has 2 N–H and O–H groups in total. The number of anilines is 1. The Morgan fingerprint density at radius 1 is 1.22 bits per heavy atom. The number of benzene rings is 1. The molecule has 2 bridgehead atoms. The summed E-state index contributed by atoms with van der Waals surface area (Å²) in [4.78, 5) is 22.3. The van der Waals surface area contributed by atoms with E-state index in [-0.39, 0.29) is 24.6 Å². The van der Waals surface area contributed by atoms with Crippen LogP contribution in [0.1, 0.15) is 28.0 Å². The maximum absolute atomic E-state index is 13.9. The van der Waals surface area contributed by atoms with E-state index in [0.29, 0.717) is 41.1 Å². The molecule has 36 heavy (non-hydrogen) atoms. The number of alkyl halides is 3. The molecule has 5 heterocycles. The second-order valence-electron chi connectivity index (χ2n) is 9.13. The minimum atomic E-state index is -4.48. The Labute approximate surface area is 203 Å². The van der Waals surface area contributed by atoms with Gasteiger partial charge in [0.1, 0.15) is 5.82 Å². The zero-order valence-electron chi connectivity index (χ0n) is 19.2. The van der Waals surface area contributed by atoms with Crippen LogP contribution in [0, 0.1) is 0 Å². The summed E-state index contributed by atoms with van der Waals surface area (Å²) in [7, 11) is 1.79. The van der Waals surface area contributed by atoms with Crippen molar-refractivity contribution in [1.82, 2.24) is 29.8 Å². The number of aryl methyl sites for hydroxylation is 1. The number of morpholine rings is 1. The molecular weight excluding hydrogens is 475 g/mol. The molecule has 1 amide bonds. The smallest absolute Gasteiger partial charge is 0.383 e. The number of halogens is 3. The molecule has 0 spiro atoms. The molecular formula is C24H22F3N7O2. The predicted octanol–water partition coefficient (Wildman–Crippen LogP) is 3.15. The molecule has 6 rings (SSSR count). The predicted molar refractivity (Wildman–Crippen MR) is 124 cm³/mol. The molecule has 2 aliphatic heterocycles. The number of nitrogens with two attached hydrogens (primary N) is 1. The third-order valence-electron chi connectivity index (χ3n) is 6.83. The van der Waals surface area contributed by atoms with Crippen LogP contribution in [-0.2, 0) is 24.5 Å². The van der Waals surface area contributed by atoms with Crippen molar-refractivity contribution in [2.24, 2.45) is 7.05 Å². The minimum absolute atomic E-state index is 0.0131. The fourth-order valence-electron chi connectivity index (χ4n) is 5.03. The Morgan fingerprint density at radius 3 is 2.72 bits per heavy atom. The number of fused-ring (bicyclic) bond motifs is 5. The van der Waals surface area contributed by atoms with Gasteiger partial charge in [-0.25, -0.2) is 9.99 Å². The quantitative estimate of drug-likeness (QED) is 0.462. The van der Waals surface area contributed by atoms with Crippen molar-refractivity contribution in [3.63, 3.8) is 0 Å². The van der Waals surface area contributed by atoms with E-state index in [1.807, 2.05) is 5.01 Å². The fourth-order valence-corrected chi connectivity index (χ4v) is 5.03. The lowest BCUT2D eigenvalue weighted by atomic mass is 10.1. The van der Waals surface area contributed by atoms with Gasteiger partial charge in [0.15, 0.2) is 0 Å². The number of ether oxygens (including phenoxy) is 1. The summed E-state index contributed by atoms with van der Waals surface area (Å²) < 4.78 is 46.4. The molecule has 2 fully saturated rings. The first kappa shape index (κ1) is 22.7. The number of nitrogen functional groups attached to an aromatic ring is 1. The first-order chi connectivity index (χ1) is 17.2. The van der Waals surface area contributed by atoms with Crippen molar-refractivity contribution in [2.75, 3.05) is 18.9 Å². The van der Waals surface area contributed by atoms with Gasteiger partial charge in [-0.1, -0.05) is 0 Å². The number of hydrogen-bond donors (Lipinski definition) is 1. The van der Waals surface area contributed by atoms with E-state index in [1.54, 1.807) is 41.1 Å². The monoisotopic (exact) mass is 497 g/mol. The van der Waals surface area contributed by atoms with Gasteiger partial charge in [0.05, 0.1) is 59.2 Å². The third kappa shape index (κ3) is 3.73. The molecule has 4 aromatic rings. The fraction of sp³-hybridized carbons (Fsp3) is 0.333. The normalized spacial score (nSPS) is 20.0. The van der Waals surface area contributed by atoms with Crippen LogP contribution in [-0.4, -0.2) is 61.0 Å². The van der Waals surface area contributed by atoms with Crippen molar-refractivity contribution in [3.8, 4) is 0 Å². The minimum Gasteiger partial charge on any atom is -0.383 e. The Balaban J connectivity index is 1.39. The zero-order chi connectivity index (χ0) is 25.2. The van der Waals surface area contributed by atoms with E-state index < -0.39 is 11.7 Å². The Hall–Kier alpha value is -3.77. The highest BCUT2D eigenvalue weighted by Gasteiger charge is 2.43. The lowest BCUT2D eigenvalue weighted by Crippen LogP contribution is -2.51. The van der Waals surface area contributed by atoms with E-state index in [1.165, 1.54) is 6.07 Å². The van der Waals surface area contributed by atoms with Crippen LogP contribution < -0.4 is 5.73 Å². The number of nitrogens with zero attached hydrogens (tertiary/aromatic N) is 6. The maximum Gasteiger partial charge on any atom is 0.417 e. The lowest BCUT2D eigenvalue weighted by molar-refractivity contribution is -0.137. The number of carbonyl (C=O) groups is 1. The van der Waals surface area contributed by atoms with Crippen LogP contribution in [0.2, 0.25) is 0 Å². The number of rotatable bonds is 4. The average Bonchev–Trinajstić information content (AvgIpc) is 3.58. The molecule has 2 saturated heterocycles. The average molecular weight is 497 g/mol. The number of aromatic nitrogens is 4. The number of pyridine rings is 2. The molecule has 0 unspecified atom stereocenters. The molecule has 12 heteroatoms. The summed E-state index contributed by atoms with van der Waals surface area (Å²) >= 11 is 0. The van der Waals surface area contributed by atoms with Crippen LogP contribution in [0.4, 0.5) is 19.0 Å². The molecule has 0 aliphatic carbocycles. The van der Waals surface area contributed by atoms with E-state index in [4.69, 9.17) is 10.5 Å². The van der Waals surface area contributed by atoms with Gasteiger partial charge >= 0.3 is 6.18 Å². The molecule has 2 aliphatic rings. The number of carbonyl (C=O) groups excluding carboxylic acids is 1. The Morgan fingerprint density at radius 2 is 2.06 bits per heavy atom. The number of amides is 1. The highest BCUT2D eigenvalue weighted by Crippen LogP contribution is 2.33. The summed E-state index contributed by atoms with van der Waals surface area (Å²) in [6.45, 7) is 1.04. The van der Waals surface area contributed by atoms with Gasteiger partial charge in [-0.05, 0) is 36.8 Å². The molecule has 0 saturated carbocycles. The molecule has 186 valence electrons. The van der Waals surface area contributed by atoms with Crippen molar-refractivity contribution >= 4 is 33.5 Å². The van der Waals surface area contributed by atoms with E-state index >= 15 is 0 Å². The molecule has 1 aromatic carbocycles. The van der Waals surface area contributed by atoms with Gasteiger partial charge in [-0.2, -0.15) is 18.3 Å². The molecule has 2 atom stereocenters. The molecule has 0 radical (unpaired) electrons. The summed E-state index contributed by atoms with van der Waals surface area (Å²) in [6.07, 6.45) is -1.24. The largest absolute Gasteiger partial charge is 0.417 e. The maximum atomic E-state index is 13.9. The topological polar surface area (TPSA) is 102 Å². The van der Waals surface area contributed by atoms with E-state index in [2.05, 4.69) is 15.1 Å². The van der Waals surface area contributed by atoms with Gasteiger partial charge in [-0.15, -0.1) is 0 Å². The molecule has 3 aromatic heterocycles. The van der Waals surface area contributed by atoms with Gasteiger partial charge < -0.3 is 10.5 Å². The van der Waals surface area contributed by atoms with Crippen LogP contribution in [0.15, 0.2) is 42.7 Å². The molecule has 9 nitrogen and oxygen atoms in total. The van der Waals surface area contributed by atoms with Crippen LogP contribution in [0.25, 0.3) is 21.8 Å². The lowest BCUT2D eigenvalue weighted by Gasteiger charge is -2.37. The van der Waals surface area contributed by atoms with Crippen LogP contribution in [0.5, 0.6) is 0 Å². The Kier molecular flexibility index (Phi) is 5.12. The van der Waals surface area contributed by atoms with Crippen molar-refractivity contribution in [3.05, 3.63) is 59.5 Å². The summed E-state index contributed by atoms with van der Waals surface area (Å²) in [6, 6.07) is 7.47. The van der Waals surface area contributed by atoms with Crippen molar-refractivity contribution in [2.45, 2.75) is 31.3 Å².